The van der Waals surface area contributed by atoms with Crippen molar-refractivity contribution in [1.29, 1.82) is 0 Å². The number of aryl methyl sites for hydroxylation is 2. The van der Waals surface area contributed by atoms with Crippen LogP contribution in [0.4, 0.5) is 0 Å². The molecule has 0 fully saturated rings. The third-order valence-electron chi connectivity index (χ3n) is 2.75. The molecular weight excluding hydrogens is 234 g/mol. The quantitative estimate of drug-likeness (QED) is 0.899. The molecule has 92 valence electrons. The zero-order chi connectivity index (χ0) is 12.4. The van der Waals surface area contributed by atoms with Gasteiger partial charge < -0.3 is 5.73 Å². The minimum absolute atomic E-state index is 0.0245. The molecule has 5 nitrogen and oxygen atoms in total. The van der Waals surface area contributed by atoms with Crippen molar-refractivity contribution in [3.63, 3.8) is 0 Å². The molecule has 0 aliphatic carbocycles. The van der Waals surface area contributed by atoms with Crippen LogP contribution in [0.2, 0.25) is 0 Å². The molecule has 0 radical (unpaired) electrons. The Morgan fingerprint density at radius 3 is 2.82 bits per heavy atom. The summed E-state index contributed by atoms with van der Waals surface area (Å²) in [4.78, 5) is 5.73. The van der Waals surface area contributed by atoms with Gasteiger partial charge in [0.1, 0.15) is 5.01 Å². The van der Waals surface area contributed by atoms with Gasteiger partial charge in [-0.25, -0.2) is 9.67 Å². The maximum atomic E-state index is 5.90. The van der Waals surface area contributed by atoms with E-state index in [1.54, 1.807) is 16.0 Å². The van der Waals surface area contributed by atoms with E-state index in [0.717, 1.165) is 22.8 Å². The number of aromatic nitrogens is 4. The highest BCUT2D eigenvalue weighted by molar-refractivity contribution is 7.11. The Morgan fingerprint density at radius 1 is 1.47 bits per heavy atom. The van der Waals surface area contributed by atoms with Crippen LogP contribution in [0.15, 0.2) is 6.20 Å². The number of thiazole rings is 1. The molecule has 0 spiro atoms. The van der Waals surface area contributed by atoms with E-state index in [4.69, 9.17) is 5.73 Å². The van der Waals surface area contributed by atoms with Crippen molar-refractivity contribution in [1.82, 2.24) is 20.0 Å². The van der Waals surface area contributed by atoms with E-state index < -0.39 is 0 Å². The topological polar surface area (TPSA) is 69.6 Å². The molecule has 2 rings (SSSR count). The van der Waals surface area contributed by atoms with Crippen LogP contribution in [-0.4, -0.2) is 20.0 Å². The first-order valence-electron chi connectivity index (χ1n) is 5.68. The average molecular weight is 251 g/mol. The second-order valence-electron chi connectivity index (χ2n) is 4.10. The normalized spacial score (nSPS) is 12.9. The average Bonchev–Trinajstić information content (AvgIpc) is 2.87. The number of nitrogens with two attached hydrogens (primary N) is 1. The summed E-state index contributed by atoms with van der Waals surface area (Å²) in [5, 5.41) is 9.21. The predicted octanol–water partition coefficient (Wildman–Crippen LogP) is 1.81. The molecule has 0 amide bonds. The Bertz CT molecular complexity index is 482. The highest BCUT2D eigenvalue weighted by atomic mass is 32.1. The summed E-state index contributed by atoms with van der Waals surface area (Å²) >= 11 is 1.70. The second kappa shape index (κ2) is 4.93. The van der Waals surface area contributed by atoms with E-state index in [2.05, 4.69) is 22.2 Å². The number of nitrogens with zero attached hydrogens (tertiary/aromatic N) is 4. The molecule has 1 atom stereocenters. The SMILES string of the molecule is CCC(N)c1cn(Cc2nc(C)c(C)s2)nn1. The summed E-state index contributed by atoms with van der Waals surface area (Å²) in [6, 6.07) is -0.0245. The van der Waals surface area contributed by atoms with Gasteiger partial charge in [0.25, 0.3) is 0 Å². The summed E-state index contributed by atoms with van der Waals surface area (Å²) < 4.78 is 1.79. The number of hydrogen-bond acceptors (Lipinski definition) is 5. The van der Waals surface area contributed by atoms with Crippen LogP contribution in [-0.2, 0) is 6.54 Å². The molecular formula is C11H17N5S. The Balaban J connectivity index is 2.11. The molecule has 0 aliphatic rings. The van der Waals surface area contributed by atoms with E-state index in [1.807, 2.05) is 20.0 Å². The van der Waals surface area contributed by atoms with Gasteiger partial charge in [-0.3, -0.25) is 0 Å². The fourth-order valence-electron chi connectivity index (χ4n) is 1.52. The van der Waals surface area contributed by atoms with Gasteiger partial charge in [-0.2, -0.15) is 0 Å². The summed E-state index contributed by atoms with van der Waals surface area (Å²) in [6.45, 7) is 6.81. The van der Waals surface area contributed by atoms with Gasteiger partial charge in [-0.05, 0) is 20.3 Å². The van der Waals surface area contributed by atoms with Crippen LogP contribution < -0.4 is 5.73 Å². The van der Waals surface area contributed by atoms with Crippen LogP contribution in [0.5, 0.6) is 0 Å². The van der Waals surface area contributed by atoms with E-state index in [9.17, 15) is 0 Å². The number of rotatable bonds is 4. The van der Waals surface area contributed by atoms with Crippen molar-refractivity contribution in [3.8, 4) is 0 Å². The van der Waals surface area contributed by atoms with E-state index in [0.29, 0.717) is 6.54 Å². The van der Waals surface area contributed by atoms with E-state index in [1.165, 1.54) is 4.88 Å². The monoisotopic (exact) mass is 251 g/mol. The molecule has 6 heteroatoms. The van der Waals surface area contributed by atoms with Gasteiger partial charge in [0, 0.05) is 4.88 Å². The molecule has 17 heavy (non-hydrogen) atoms. The highest BCUT2D eigenvalue weighted by Gasteiger charge is 2.10. The van der Waals surface area contributed by atoms with Crippen LogP contribution in [0.3, 0.4) is 0 Å². The van der Waals surface area contributed by atoms with Gasteiger partial charge in [0.2, 0.25) is 0 Å². The molecule has 2 N–H and O–H groups in total. The highest BCUT2D eigenvalue weighted by Crippen LogP contribution is 2.17. The van der Waals surface area contributed by atoms with Gasteiger partial charge >= 0.3 is 0 Å². The largest absolute Gasteiger partial charge is 0.323 e. The third kappa shape index (κ3) is 2.70. The van der Waals surface area contributed by atoms with Gasteiger partial charge in [-0.1, -0.05) is 12.1 Å². The van der Waals surface area contributed by atoms with Crippen molar-refractivity contribution in [3.05, 3.63) is 27.5 Å². The molecule has 0 aliphatic heterocycles. The van der Waals surface area contributed by atoms with Crippen LogP contribution >= 0.6 is 11.3 Å². The predicted molar refractivity (Wildman–Crippen MR) is 67.9 cm³/mol. The Morgan fingerprint density at radius 2 is 2.24 bits per heavy atom. The smallest absolute Gasteiger partial charge is 0.115 e. The lowest BCUT2D eigenvalue weighted by Crippen LogP contribution is -2.08. The first-order valence-corrected chi connectivity index (χ1v) is 6.50. The van der Waals surface area contributed by atoms with Gasteiger partial charge in [0.15, 0.2) is 0 Å². The van der Waals surface area contributed by atoms with E-state index in [-0.39, 0.29) is 6.04 Å². The second-order valence-corrected chi connectivity index (χ2v) is 5.39. The Labute approximate surface area is 105 Å². The molecule has 0 saturated carbocycles. The van der Waals surface area contributed by atoms with Crippen LogP contribution in [0.25, 0.3) is 0 Å². The molecule has 2 heterocycles. The summed E-state index contributed by atoms with van der Waals surface area (Å²) in [5.41, 5.74) is 7.84. The zero-order valence-corrected chi connectivity index (χ0v) is 11.2. The third-order valence-corrected chi connectivity index (χ3v) is 3.80. The molecule has 0 aromatic carbocycles. The number of hydrogen-bond donors (Lipinski definition) is 1. The lowest BCUT2D eigenvalue weighted by Gasteiger charge is -2.01. The molecule has 0 saturated heterocycles. The van der Waals surface area contributed by atoms with Crippen molar-refractivity contribution in [2.45, 2.75) is 39.8 Å². The van der Waals surface area contributed by atoms with Crippen molar-refractivity contribution >= 4 is 11.3 Å². The van der Waals surface area contributed by atoms with Crippen LogP contribution in [0.1, 0.15) is 40.7 Å². The molecule has 0 bridgehead atoms. The van der Waals surface area contributed by atoms with E-state index >= 15 is 0 Å². The first kappa shape index (κ1) is 12.2. The fraction of sp³-hybridized carbons (Fsp3) is 0.545. The summed E-state index contributed by atoms with van der Waals surface area (Å²) in [7, 11) is 0. The standard InChI is InChI=1S/C11H17N5S/c1-4-9(12)10-5-16(15-14-10)6-11-13-7(2)8(3)17-11/h5,9H,4,6,12H2,1-3H3. The zero-order valence-electron chi connectivity index (χ0n) is 10.3. The van der Waals surface area contributed by atoms with Gasteiger partial charge in [0.05, 0.1) is 30.2 Å². The molecule has 2 aromatic rings. The fourth-order valence-corrected chi connectivity index (χ4v) is 2.44. The summed E-state index contributed by atoms with van der Waals surface area (Å²) in [5.74, 6) is 0. The van der Waals surface area contributed by atoms with Crippen molar-refractivity contribution in [2.75, 3.05) is 0 Å². The van der Waals surface area contributed by atoms with Crippen molar-refractivity contribution < 1.29 is 0 Å². The minimum Gasteiger partial charge on any atom is -0.323 e. The lowest BCUT2D eigenvalue weighted by atomic mass is 10.2. The maximum absolute atomic E-state index is 5.90. The molecule has 2 aromatic heterocycles. The Hall–Kier alpha value is -1.27. The van der Waals surface area contributed by atoms with Crippen molar-refractivity contribution in [2.24, 2.45) is 5.73 Å². The Kier molecular flexibility index (Phi) is 3.54. The maximum Gasteiger partial charge on any atom is 0.115 e. The minimum atomic E-state index is -0.0245. The molecule has 1 unspecified atom stereocenters. The van der Waals surface area contributed by atoms with Crippen LogP contribution in [0, 0.1) is 13.8 Å². The summed E-state index contributed by atoms with van der Waals surface area (Å²) in [6.07, 6.45) is 2.77. The lowest BCUT2D eigenvalue weighted by molar-refractivity contribution is 0.641. The van der Waals surface area contributed by atoms with Gasteiger partial charge in [-0.15, -0.1) is 16.4 Å². The first-order chi connectivity index (χ1) is 8.10.